The van der Waals surface area contributed by atoms with E-state index < -0.39 is 29.1 Å². The number of hydrogen-bond acceptors (Lipinski definition) is 5. The average molecular weight is 495 g/mol. The number of benzene rings is 2. The van der Waals surface area contributed by atoms with Crippen molar-refractivity contribution in [2.45, 2.75) is 13.0 Å². The van der Waals surface area contributed by atoms with E-state index in [1.54, 1.807) is 43.5 Å². The number of carbonyl (C=O) groups excluding carboxylic acids is 1. The van der Waals surface area contributed by atoms with Gasteiger partial charge in [-0.25, -0.2) is 18.3 Å². The maximum atomic E-state index is 14.1. The third kappa shape index (κ3) is 3.77. The molecule has 5 aromatic rings. The highest BCUT2D eigenvalue weighted by Crippen LogP contribution is 2.26. The predicted molar refractivity (Wildman–Crippen MR) is 128 cm³/mol. The highest BCUT2D eigenvalue weighted by molar-refractivity contribution is 6.35. The van der Waals surface area contributed by atoms with Crippen LogP contribution >= 0.6 is 11.6 Å². The number of hydrogen-bond donors (Lipinski definition) is 2. The first kappa shape index (κ1) is 22.5. The topological polar surface area (TPSA) is 107 Å². The van der Waals surface area contributed by atoms with Crippen molar-refractivity contribution in [3.63, 3.8) is 0 Å². The lowest BCUT2D eigenvalue weighted by Crippen LogP contribution is -2.32. The van der Waals surface area contributed by atoms with Crippen LogP contribution in [0.4, 0.5) is 14.6 Å². The van der Waals surface area contributed by atoms with Crippen LogP contribution in [0, 0.1) is 11.6 Å². The molecule has 11 heteroatoms. The van der Waals surface area contributed by atoms with Gasteiger partial charge in [0.25, 0.3) is 11.5 Å². The molecule has 0 spiro atoms. The molecule has 1 amide bonds. The number of amides is 1. The quantitative estimate of drug-likeness (QED) is 0.392. The molecular formula is C24H17ClF2N6O2. The van der Waals surface area contributed by atoms with Crippen molar-refractivity contribution in [1.82, 2.24) is 24.5 Å². The molecule has 2 aromatic carbocycles. The minimum atomic E-state index is -1.12. The Morgan fingerprint density at radius 3 is 2.71 bits per heavy atom. The smallest absolute Gasteiger partial charge is 0.264 e. The summed E-state index contributed by atoms with van der Waals surface area (Å²) < 4.78 is 30.3. The third-order valence-corrected chi connectivity index (χ3v) is 5.94. The molecule has 3 N–H and O–H groups in total. The molecule has 0 saturated heterocycles. The summed E-state index contributed by atoms with van der Waals surface area (Å²) in [5.41, 5.74) is 6.13. The summed E-state index contributed by atoms with van der Waals surface area (Å²) in [6.07, 6.45) is 3.11. The van der Waals surface area contributed by atoms with Crippen molar-refractivity contribution >= 4 is 39.7 Å². The normalized spacial score (nSPS) is 12.2. The lowest BCUT2D eigenvalue weighted by atomic mass is 10.1. The molecule has 0 bridgehead atoms. The van der Waals surface area contributed by atoms with Crippen LogP contribution in [-0.2, 0) is 0 Å². The maximum absolute atomic E-state index is 14.1. The number of rotatable bonds is 4. The predicted octanol–water partition coefficient (Wildman–Crippen LogP) is 4.04. The van der Waals surface area contributed by atoms with Gasteiger partial charge in [-0.15, -0.1) is 5.10 Å². The first-order valence-corrected chi connectivity index (χ1v) is 10.8. The van der Waals surface area contributed by atoms with E-state index in [1.807, 2.05) is 0 Å². The Bertz CT molecular complexity index is 1700. The van der Waals surface area contributed by atoms with Crippen molar-refractivity contribution in [2.75, 3.05) is 5.73 Å². The third-order valence-electron chi connectivity index (χ3n) is 5.63. The van der Waals surface area contributed by atoms with E-state index in [2.05, 4.69) is 15.4 Å². The van der Waals surface area contributed by atoms with Crippen molar-refractivity contribution in [2.24, 2.45) is 0 Å². The number of nitrogen functional groups attached to an aromatic ring is 1. The van der Waals surface area contributed by atoms with Gasteiger partial charge >= 0.3 is 0 Å². The fourth-order valence-corrected chi connectivity index (χ4v) is 4.28. The molecule has 5 rings (SSSR count). The van der Waals surface area contributed by atoms with Crippen LogP contribution in [0.1, 0.15) is 29.0 Å². The van der Waals surface area contributed by atoms with E-state index in [1.165, 1.54) is 21.3 Å². The number of carbonyl (C=O) groups is 1. The highest BCUT2D eigenvalue weighted by Gasteiger charge is 2.24. The molecule has 1 unspecified atom stereocenters. The fraction of sp³-hybridized carbons (Fsp3) is 0.0833. The monoisotopic (exact) mass is 494 g/mol. The second-order valence-corrected chi connectivity index (χ2v) is 8.26. The minimum Gasteiger partial charge on any atom is -0.381 e. The van der Waals surface area contributed by atoms with Gasteiger partial charge in [-0.1, -0.05) is 23.7 Å². The van der Waals surface area contributed by atoms with Crippen LogP contribution in [0.5, 0.6) is 0 Å². The van der Waals surface area contributed by atoms with Crippen LogP contribution in [0.15, 0.2) is 65.7 Å². The van der Waals surface area contributed by atoms with E-state index >= 15 is 0 Å². The molecule has 176 valence electrons. The molecule has 3 heterocycles. The summed E-state index contributed by atoms with van der Waals surface area (Å²) in [5, 5.41) is 7.82. The van der Waals surface area contributed by atoms with E-state index in [9.17, 15) is 18.4 Å². The van der Waals surface area contributed by atoms with E-state index in [-0.39, 0.29) is 33.1 Å². The zero-order valence-electron chi connectivity index (χ0n) is 18.2. The number of halogens is 3. The fourth-order valence-electron chi connectivity index (χ4n) is 4.01. The molecule has 0 aliphatic rings. The molecule has 0 aliphatic heterocycles. The number of nitrogens with one attached hydrogen (secondary N) is 1. The van der Waals surface area contributed by atoms with Gasteiger partial charge in [-0.3, -0.25) is 14.2 Å². The minimum absolute atomic E-state index is 0.0170. The van der Waals surface area contributed by atoms with E-state index in [4.69, 9.17) is 17.3 Å². The maximum Gasteiger partial charge on any atom is 0.264 e. The molecule has 3 aromatic heterocycles. The van der Waals surface area contributed by atoms with Crippen LogP contribution in [-0.4, -0.2) is 25.1 Å². The largest absolute Gasteiger partial charge is 0.381 e. The van der Waals surface area contributed by atoms with Crippen molar-refractivity contribution < 1.29 is 13.6 Å². The van der Waals surface area contributed by atoms with Crippen molar-refractivity contribution in [3.8, 4) is 5.69 Å². The van der Waals surface area contributed by atoms with Gasteiger partial charge in [0.2, 0.25) is 0 Å². The summed E-state index contributed by atoms with van der Waals surface area (Å²) in [5.74, 6) is -2.77. The molecule has 0 radical (unpaired) electrons. The summed E-state index contributed by atoms with van der Waals surface area (Å²) in [6, 6.07) is 10.6. The Morgan fingerprint density at radius 1 is 1.14 bits per heavy atom. The molecule has 0 fully saturated rings. The van der Waals surface area contributed by atoms with Crippen molar-refractivity contribution in [1.29, 1.82) is 0 Å². The van der Waals surface area contributed by atoms with Gasteiger partial charge in [-0.2, -0.15) is 0 Å². The number of pyridine rings is 1. The summed E-state index contributed by atoms with van der Waals surface area (Å²) >= 11 is 6.29. The summed E-state index contributed by atoms with van der Waals surface area (Å²) in [4.78, 5) is 30.9. The summed E-state index contributed by atoms with van der Waals surface area (Å²) in [7, 11) is 0. The van der Waals surface area contributed by atoms with Gasteiger partial charge in [-0.05, 0) is 42.6 Å². The molecule has 0 aliphatic carbocycles. The second kappa shape index (κ2) is 8.48. The van der Waals surface area contributed by atoms with Gasteiger partial charge in [0.05, 0.1) is 22.1 Å². The lowest BCUT2D eigenvalue weighted by Gasteiger charge is -2.21. The Morgan fingerprint density at radius 2 is 1.94 bits per heavy atom. The van der Waals surface area contributed by atoms with Crippen LogP contribution in [0.2, 0.25) is 5.02 Å². The first-order chi connectivity index (χ1) is 16.8. The van der Waals surface area contributed by atoms with Crippen LogP contribution in [0.3, 0.4) is 0 Å². The highest BCUT2D eigenvalue weighted by atomic mass is 35.5. The second-order valence-electron chi connectivity index (χ2n) is 7.86. The standard InChI is InChI=1S/C24H17ClF2N6O2/c1-12(30-23(34)20-21(28)31-32-9-3-8-29-22(20)32)18-10-13-4-2-5-15(25)19(13)24(35)33(18)14-6-7-16(26)17(27)11-14/h2-12H,1H3,(H2,28,31)(H,30,34). The Labute approximate surface area is 201 Å². The summed E-state index contributed by atoms with van der Waals surface area (Å²) in [6.45, 7) is 1.65. The zero-order chi connectivity index (χ0) is 24.9. The van der Waals surface area contributed by atoms with Gasteiger partial charge in [0.1, 0.15) is 5.56 Å². The van der Waals surface area contributed by atoms with Gasteiger partial charge in [0, 0.05) is 24.2 Å². The van der Waals surface area contributed by atoms with Crippen molar-refractivity contribution in [3.05, 3.63) is 99.2 Å². The molecule has 35 heavy (non-hydrogen) atoms. The number of nitrogens with zero attached hydrogens (tertiary/aromatic N) is 4. The van der Waals surface area contributed by atoms with Crippen LogP contribution in [0.25, 0.3) is 22.1 Å². The Balaban J connectivity index is 1.66. The lowest BCUT2D eigenvalue weighted by molar-refractivity contribution is 0.0941. The number of anilines is 1. The molecule has 8 nitrogen and oxygen atoms in total. The van der Waals surface area contributed by atoms with Crippen LogP contribution < -0.4 is 16.6 Å². The number of fused-ring (bicyclic) bond motifs is 2. The van der Waals surface area contributed by atoms with E-state index in [0.717, 1.165) is 12.1 Å². The van der Waals surface area contributed by atoms with Gasteiger partial charge in [0.15, 0.2) is 23.1 Å². The first-order valence-electron chi connectivity index (χ1n) is 10.5. The number of aromatic nitrogens is 4. The van der Waals surface area contributed by atoms with E-state index in [0.29, 0.717) is 11.1 Å². The SMILES string of the molecule is CC(NC(=O)c1c(N)nn2cccnc12)c1cc2cccc(Cl)c2c(=O)n1-c1ccc(F)c(F)c1. The molecule has 1 atom stereocenters. The number of nitrogens with two attached hydrogens (primary N) is 1. The Kier molecular flexibility index (Phi) is 5.45. The molecular weight excluding hydrogens is 478 g/mol. The average Bonchev–Trinajstić information content (AvgIpc) is 3.16. The zero-order valence-corrected chi connectivity index (χ0v) is 18.9. The molecule has 0 saturated carbocycles. The Hall–Kier alpha value is -4.31. The van der Waals surface area contributed by atoms with Gasteiger partial charge < -0.3 is 11.1 Å².